The summed E-state index contributed by atoms with van der Waals surface area (Å²) in [5.41, 5.74) is 2.07. The third-order valence-corrected chi connectivity index (χ3v) is 3.66. The predicted octanol–water partition coefficient (Wildman–Crippen LogP) is 0.484. The van der Waals surface area contributed by atoms with Gasteiger partial charge in [0.15, 0.2) is 11.5 Å². The number of piperazine rings is 1. The average Bonchev–Trinajstić information content (AvgIpc) is 2.76. The molecule has 1 fully saturated rings. The van der Waals surface area contributed by atoms with E-state index in [2.05, 4.69) is 40.3 Å². The molecule has 2 aromatic heterocycles. The first-order chi connectivity index (χ1) is 8.74. The van der Waals surface area contributed by atoms with Gasteiger partial charge < -0.3 is 10.2 Å². The van der Waals surface area contributed by atoms with E-state index in [0.717, 1.165) is 43.2 Å². The van der Waals surface area contributed by atoms with Crippen molar-refractivity contribution in [1.82, 2.24) is 24.8 Å². The number of hydrogen-bond acceptors (Lipinski definition) is 4. The first kappa shape index (κ1) is 11.6. The van der Waals surface area contributed by atoms with Crippen molar-refractivity contribution in [3.8, 4) is 0 Å². The van der Waals surface area contributed by atoms with Crippen molar-refractivity contribution in [3.63, 3.8) is 0 Å². The van der Waals surface area contributed by atoms with E-state index in [0.29, 0.717) is 6.04 Å². The lowest BCUT2D eigenvalue weighted by atomic mass is 10.1. The molecule has 0 spiro atoms. The molecule has 2 aromatic rings. The molecule has 3 heterocycles. The Bertz CT molecular complexity index is 547. The maximum Gasteiger partial charge on any atom is 0.155 e. The van der Waals surface area contributed by atoms with Crippen LogP contribution in [0.5, 0.6) is 0 Å². The van der Waals surface area contributed by atoms with Crippen molar-refractivity contribution >= 4 is 5.65 Å². The molecule has 5 nitrogen and oxygen atoms in total. The third-order valence-electron chi connectivity index (χ3n) is 3.66. The number of aromatic nitrogens is 3. The summed E-state index contributed by atoms with van der Waals surface area (Å²) >= 11 is 0. The molecular weight excluding hydrogens is 226 g/mol. The summed E-state index contributed by atoms with van der Waals surface area (Å²) in [6.45, 7) is 5.24. The first-order valence-corrected chi connectivity index (χ1v) is 6.46. The molecule has 5 heteroatoms. The molecule has 1 aliphatic heterocycles. The molecule has 0 radical (unpaired) electrons. The van der Waals surface area contributed by atoms with Crippen LogP contribution in [-0.4, -0.2) is 52.2 Å². The first-order valence-electron chi connectivity index (χ1n) is 6.46. The van der Waals surface area contributed by atoms with Gasteiger partial charge in [-0.2, -0.15) is 5.10 Å². The minimum Gasteiger partial charge on any atom is -0.314 e. The van der Waals surface area contributed by atoms with E-state index in [1.807, 2.05) is 16.6 Å². The molecule has 0 amide bonds. The molecule has 0 bridgehead atoms. The molecule has 1 aliphatic rings. The van der Waals surface area contributed by atoms with Crippen molar-refractivity contribution in [2.24, 2.45) is 0 Å². The van der Waals surface area contributed by atoms with Crippen LogP contribution in [0.3, 0.4) is 0 Å². The van der Waals surface area contributed by atoms with Crippen molar-refractivity contribution < 1.29 is 0 Å². The van der Waals surface area contributed by atoms with Crippen LogP contribution in [0.15, 0.2) is 18.2 Å². The number of pyridine rings is 1. The van der Waals surface area contributed by atoms with Gasteiger partial charge in [-0.3, -0.25) is 0 Å². The Hall–Kier alpha value is -1.46. The van der Waals surface area contributed by atoms with Crippen molar-refractivity contribution in [1.29, 1.82) is 0 Å². The predicted molar refractivity (Wildman–Crippen MR) is 70.7 cm³/mol. The molecule has 96 valence electrons. The van der Waals surface area contributed by atoms with E-state index in [4.69, 9.17) is 0 Å². The zero-order chi connectivity index (χ0) is 12.5. The standard InChI is InChI=1S/C13H19N5/c1-10-4-3-5-13-15-12(16-18(10)13)8-11-9-14-6-7-17(11)2/h3-5,11,14H,6-9H2,1-2H3. The van der Waals surface area contributed by atoms with Crippen LogP contribution in [0.2, 0.25) is 0 Å². The second-order valence-corrected chi connectivity index (χ2v) is 5.01. The monoisotopic (exact) mass is 245 g/mol. The van der Waals surface area contributed by atoms with Gasteiger partial charge in [-0.1, -0.05) is 6.07 Å². The van der Waals surface area contributed by atoms with E-state index in [9.17, 15) is 0 Å². The van der Waals surface area contributed by atoms with E-state index < -0.39 is 0 Å². The third kappa shape index (κ3) is 2.11. The Kier molecular flexibility index (Phi) is 3.01. The Morgan fingerprint density at radius 2 is 2.33 bits per heavy atom. The average molecular weight is 245 g/mol. The number of nitrogens with zero attached hydrogens (tertiary/aromatic N) is 4. The molecule has 3 rings (SSSR count). The number of nitrogens with one attached hydrogen (secondary N) is 1. The van der Waals surface area contributed by atoms with Gasteiger partial charge in [0.25, 0.3) is 0 Å². The van der Waals surface area contributed by atoms with Crippen LogP contribution in [0.4, 0.5) is 0 Å². The van der Waals surface area contributed by atoms with E-state index in [1.54, 1.807) is 0 Å². The van der Waals surface area contributed by atoms with Crippen molar-refractivity contribution in [2.45, 2.75) is 19.4 Å². The molecular formula is C13H19N5. The summed E-state index contributed by atoms with van der Waals surface area (Å²) in [7, 11) is 2.17. The second kappa shape index (κ2) is 4.66. The molecule has 1 N–H and O–H groups in total. The number of fused-ring (bicyclic) bond motifs is 1. The molecule has 1 atom stereocenters. The zero-order valence-corrected chi connectivity index (χ0v) is 10.9. The normalized spacial score (nSPS) is 21.6. The number of likely N-dealkylation sites (N-methyl/N-ethyl adjacent to an activating group) is 1. The fourth-order valence-corrected chi connectivity index (χ4v) is 2.47. The van der Waals surface area contributed by atoms with E-state index >= 15 is 0 Å². The fourth-order valence-electron chi connectivity index (χ4n) is 2.47. The second-order valence-electron chi connectivity index (χ2n) is 5.01. The van der Waals surface area contributed by atoms with Gasteiger partial charge in [-0.05, 0) is 26.1 Å². The molecule has 1 saturated heterocycles. The molecule has 18 heavy (non-hydrogen) atoms. The summed E-state index contributed by atoms with van der Waals surface area (Å²) in [6.07, 6.45) is 0.907. The maximum absolute atomic E-state index is 4.60. The maximum atomic E-state index is 4.60. The zero-order valence-electron chi connectivity index (χ0n) is 10.9. The Labute approximate surface area is 107 Å². The van der Waals surface area contributed by atoms with Crippen molar-refractivity contribution in [3.05, 3.63) is 29.7 Å². The Morgan fingerprint density at radius 3 is 3.11 bits per heavy atom. The molecule has 0 aromatic carbocycles. The largest absolute Gasteiger partial charge is 0.314 e. The highest BCUT2D eigenvalue weighted by Gasteiger charge is 2.20. The summed E-state index contributed by atoms with van der Waals surface area (Å²) in [5.74, 6) is 0.935. The lowest BCUT2D eigenvalue weighted by Crippen LogP contribution is -2.50. The van der Waals surface area contributed by atoms with Gasteiger partial charge in [-0.15, -0.1) is 0 Å². The SMILES string of the molecule is Cc1cccc2nc(CC3CNCCN3C)nn12. The highest BCUT2D eigenvalue weighted by Crippen LogP contribution is 2.09. The lowest BCUT2D eigenvalue weighted by Gasteiger charge is -2.32. The highest BCUT2D eigenvalue weighted by atomic mass is 15.3. The lowest BCUT2D eigenvalue weighted by molar-refractivity contribution is 0.197. The summed E-state index contributed by atoms with van der Waals surface area (Å²) in [4.78, 5) is 6.98. The number of rotatable bonds is 2. The van der Waals surface area contributed by atoms with Gasteiger partial charge in [0, 0.05) is 37.8 Å². The molecule has 1 unspecified atom stereocenters. The van der Waals surface area contributed by atoms with Crippen LogP contribution in [0.1, 0.15) is 11.5 Å². The minimum absolute atomic E-state index is 0.497. The van der Waals surface area contributed by atoms with Crippen LogP contribution < -0.4 is 5.32 Å². The van der Waals surface area contributed by atoms with Gasteiger partial charge >= 0.3 is 0 Å². The quantitative estimate of drug-likeness (QED) is 0.836. The number of aryl methyl sites for hydroxylation is 1. The minimum atomic E-state index is 0.497. The Balaban J connectivity index is 1.84. The smallest absolute Gasteiger partial charge is 0.155 e. The summed E-state index contributed by atoms with van der Waals surface area (Å²) in [5, 5.41) is 8.02. The topological polar surface area (TPSA) is 45.5 Å². The highest BCUT2D eigenvalue weighted by molar-refractivity contribution is 5.38. The van der Waals surface area contributed by atoms with Crippen LogP contribution >= 0.6 is 0 Å². The Morgan fingerprint density at radius 1 is 1.44 bits per heavy atom. The van der Waals surface area contributed by atoms with Crippen molar-refractivity contribution in [2.75, 3.05) is 26.7 Å². The summed E-state index contributed by atoms with van der Waals surface area (Å²) < 4.78 is 1.92. The van der Waals surface area contributed by atoms with E-state index in [-0.39, 0.29) is 0 Å². The van der Waals surface area contributed by atoms with Crippen LogP contribution in [-0.2, 0) is 6.42 Å². The summed E-state index contributed by atoms with van der Waals surface area (Å²) in [6, 6.07) is 6.58. The number of hydrogen-bond donors (Lipinski definition) is 1. The van der Waals surface area contributed by atoms with Gasteiger partial charge in [0.2, 0.25) is 0 Å². The van der Waals surface area contributed by atoms with Gasteiger partial charge in [0.1, 0.15) is 0 Å². The van der Waals surface area contributed by atoms with Gasteiger partial charge in [-0.25, -0.2) is 9.50 Å². The van der Waals surface area contributed by atoms with Gasteiger partial charge in [0.05, 0.1) is 0 Å². The van der Waals surface area contributed by atoms with Crippen LogP contribution in [0.25, 0.3) is 5.65 Å². The molecule has 0 aliphatic carbocycles. The van der Waals surface area contributed by atoms with Crippen LogP contribution in [0, 0.1) is 6.92 Å². The molecule has 0 saturated carbocycles. The fraction of sp³-hybridized carbons (Fsp3) is 0.538. The van der Waals surface area contributed by atoms with E-state index in [1.165, 1.54) is 0 Å².